The largest absolute Gasteiger partial charge is 0.481 e. The molecule has 0 spiro atoms. The van der Waals surface area contributed by atoms with Gasteiger partial charge in [0.15, 0.2) is 5.92 Å². The van der Waals surface area contributed by atoms with Crippen LogP contribution in [-0.2, 0) is 14.3 Å². The quantitative estimate of drug-likeness (QED) is 0.354. The normalized spacial score (nSPS) is 12.1. The molecule has 0 saturated heterocycles. The summed E-state index contributed by atoms with van der Waals surface area (Å²) in [5.41, 5.74) is 5.26. The van der Waals surface area contributed by atoms with Crippen molar-refractivity contribution in [3.8, 4) is 0 Å². The number of ether oxygens (including phenoxy) is 1. The molecular weight excluding hydrogens is 186 g/mol. The van der Waals surface area contributed by atoms with Crippen molar-refractivity contribution >= 4 is 11.9 Å². The average Bonchev–Trinajstić information content (AvgIpc) is 2.12. The third kappa shape index (κ3) is 4.81. The summed E-state index contributed by atoms with van der Waals surface area (Å²) in [5.74, 6) is -2.82. The van der Waals surface area contributed by atoms with Crippen LogP contribution in [0.4, 0.5) is 0 Å². The van der Waals surface area contributed by atoms with Gasteiger partial charge < -0.3 is 15.6 Å². The first-order valence-electron chi connectivity index (χ1n) is 4.73. The van der Waals surface area contributed by atoms with E-state index in [1.807, 2.05) is 0 Å². The molecule has 0 radical (unpaired) electrons. The summed E-state index contributed by atoms with van der Waals surface area (Å²) in [6, 6.07) is 0. The van der Waals surface area contributed by atoms with Crippen molar-refractivity contribution in [3.05, 3.63) is 0 Å². The lowest BCUT2D eigenvalue weighted by molar-refractivity contribution is -0.158. The maximum Gasteiger partial charge on any atom is 0.320 e. The molecule has 0 rings (SSSR count). The van der Waals surface area contributed by atoms with Crippen molar-refractivity contribution in [1.29, 1.82) is 0 Å². The third-order valence-electron chi connectivity index (χ3n) is 1.82. The lowest BCUT2D eigenvalue weighted by atomic mass is 10.0. The molecular formula is C9H17NO4. The minimum atomic E-state index is -1.12. The number of esters is 1. The van der Waals surface area contributed by atoms with Crippen molar-refractivity contribution in [2.45, 2.75) is 26.2 Å². The molecule has 0 heterocycles. The molecule has 0 amide bonds. The Bertz CT molecular complexity index is 193. The van der Waals surface area contributed by atoms with Gasteiger partial charge in [-0.25, -0.2) is 0 Å². The Hall–Kier alpha value is -1.10. The van der Waals surface area contributed by atoms with Crippen molar-refractivity contribution in [3.63, 3.8) is 0 Å². The van der Waals surface area contributed by atoms with Gasteiger partial charge in [0.2, 0.25) is 0 Å². The van der Waals surface area contributed by atoms with Crippen LogP contribution in [0.25, 0.3) is 0 Å². The Morgan fingerprint density at radius 1 is 1.43 bits per heavy atom. The fourth-order valence-corrected chi connectivity index (χ4v) is 1.08. The number of carboxylic acids is 1. The number of carboxylic acid groups (broad SMARTS) is 1. The molecule has 0 aromatic heterocycles. The van der Waals surface area contributed by atoms with E-state index in [1.54, 1.807) is 6.92 Å². The summed E-state index contributed by atoms with van der Waals surface area (Å²) in [6.45, 7) is 2.37. The molecule has 0 aliphatic heterocycles. The van der Waals surface area contributed by atoms with Crippen LogP contribution in [-0.4, -0.2) is 30.2 Å². The average molecular weight is 203 g/mol. The number of carbonyl (C=O) groups excluding carboxylic acids is 1. The van der Waals surface area contributed by atoms with Crippen molar-refractivity contribution in [2.24, 2.45) is 11.7 Å². The molecule has 0 aromatic rings. The Morgan fingerprint density at radius 3 is 2.50 bits per heavy atom. The van der Waals surface area contributed by atoms with Crippen LogP contribution in [0, 0.1) is 5.92 Å². The fourth-order valence-electron chi connectivity index (χ4n) is 1.08. The van der Waals surface area contributed by atoms with Crippen molar-refractivity contribution in [1.82, 2.24) is 0 Å². The number of unbranched alkanes of at least 4 members (excludes halogenated alkanes) is 1. The van der Waals surface area contributed by atoms with E-state index in [-0.39, 0.29) is 6.61 Å². The molecule has 5 heteroatoms. The van der Waals surface area contributed by atoms with E-state index in [0.29, 0.717) is 19.4 Å². The van der Waals surface area contributed by atoms with E-state index in [0.717, 1.165) is 6.42 Å². The lowest BCUT2D eigenvalue weighted by Gasteiger charge is -2.10. The highest BCUT2D eigenvalue weighted by Gasteiger charge is 2.26. The number of hydrogen-bond acceptors (Lipinski definition) is 4. The van der Waals surface area contributed by atoms with Crippen molar-refractivity contribution < 1.29 is 19.4 Å². The molecule has 0 aliphatic rings. The van der Waals surface area contributed by atoms with Gasteiger partial charge in [-0.15, -0.1) is 0 Å². The van der Waals surface area contributed by atoms with E-state index in [2.05, 4.69) is 4.74 Å². The van der Waals surface area contributed by atoms with Gasteiger partial charge in [0.25, 0.3) is 0 Å². The summed E-state index contributed by atoms with van der Waals surface area (Å²) in [7, 11) is 0. The maximum absolute atomic E-state index is 11.1. The van der Waals surface area contributed by atoms with Crippen LogP contribution in [0.2, 0.25) is 0 Å². The van der Waals surface area contributed by atoms with E-state index in [1.165, 1.54) is 0 Å². The zero-order valence-electron chi connectivity index (χ0n) is 8.36. The predicted octanol–water partition coefficient (Wildman–Crippen LogP) is 0.379. The van der Waals surface area contributed by atoms with Gasteiger partial charge in [0, 0.05) is 0 Å². The summed E-state index contributed by atoms with van der Waals surface area (Å²) >= 11 is 0. The summed E-state index contributed by atoms with van der Waals surface area (Å²) in [4.78, 5) is 21.8. The minimum Gasteiger partial charge on any atom is -0.481 e. The molecule has 1 unspecified atom stereocenters. The van der Waals surface area contributed by atoms with Crippen molar-refractivity contribution in [2.75, 3.05) is 13.2 Å². The zero-order valence-corrected chi connectivity index (χ0v) is 8.36. The molecule has 0 aliphatic carbocycles. The second-order valence-corrected chi connectivity index (χ2v) is 2.93. The van der Waals surface area contributed by atoms with Gasteiger partial charge in [-0.3, -0.25) is 9.59 Å². The number of hydrogen-bond donors (Lipinski definition) is 2. The highest BCUT2D eigenvalue weighted by atomic mass is 16.5. The maximum atomic E-state index is 11.1. The molecule has 14 heavy (non-hydrogen) atoms. The van der Waals surface area contributed by atoms with Crippen LogP contribution < -0.4 is 5.73 Å². The van der Waals surface area contributed by atoms with Gasteiger partial charge >= 0.3 is 11.9 Å². The third-order valence-corrected chi connectivity index (χ3v) is 1.82. The molecule has 0 bridgehead atoms. The first-order chi connectivity index (χ1) is 6.63. The molecule has 5 nitrogen and oxygen atoms in total. The zero-order chi connectivity index (χ0) is 11.0. The topological polar surface area (TPSA) is 89.6 Å². The van der Waals surface area contributed by atoms with Gasteiger partial charge in [-0.2, -0.15) is 0 Å². The Morgan fingerprint density at radius 2 is 2.07 bits per heavy atom. The number of carbonyl (C=O) groups is 2. The van der Waals surface area contributed by atoms with E-state index in [4.69, 9.17) is 10.8 Å². The highest BCUT2D eigenvalue weighted by Crippen LogP contribution is 2.10. The number of nitrogens with two attached hydrogens (primary N) is 1. The molecule has 82 valence electrons. The lowest BCUT2D eigenvalue weighted by Crippen LogP contribution is -2.26. The van der Waals surface area contributed by atoms with Gasteiger partial charge in [0.05, 0.1) is 6.61 Å². The molecule has 0 fully saturated rings. The molecule has 3 N–H and O–H groups in total. The Kier molecular flexibility index (Phi) is 6.74. The van der Waals surface area contributed by atoms with Crippen LogP contribution in [0.1, 0.15) is 26.2 Å². The van der Waals surface area contributed by atoms with E-state index in [9.17, 15) is 9.59 Å². The van der Waals surface area contributed by atoms with Crippen LogP contribution >= 0.6 is 0 Å². The molecule has 1 atom stereocenters. The van der Waals surface area contributed by atoms with Gasteiger partial charge in [0.1, 0.15) is 0 Å². The SMILES string of the molecule is CCOC(=O)C(CCCCN)C(=O)O. The monoisotopic (exact) mass is 203 g/mol. The highest BCUT2D eigenvalue weighted by molar-refractivity contribution is 5.93. The standard InChI is InChI=1S/C9H17NO4/c1-2-14-9(13)7(8(11)12)5-3-4-6-10/h7H,2-6,10H2,1H3,(H,11,12). The molecule has 0 saturated carbocycles. The van der Waals surface area contributed by atoms with E-state index >= 15 is 0 Å². The summed E-state index contributed by atoms with van der Waals surface area (Å²) in [5, 5.41) is 8.74. The van der Waals surface area contributed by atoms with E-state index < -0.39 is 17.9 Å². The molecule has 0 aromatic carbocycles. The van der Waals surface area contributed by atoms with Crippen LogP contribution in [0.3, 0.4) is 0 Å². The Balaban J connectivity index is 4.01. The van der Waals surface area contributed by atoms with Gasteiger partial charge in [-0.1, -0.05) is 6.42 Å². The number of aliphatic carboxylic acids is 1. The summed E-state index contributed by atoms with van der Waals surface area (Å²) < 4.78 is 4.64. The summed E-state index contributed by atoms with van der Waals surface area (Å²) in [6.07, 6.45) is 1.65. The van der Waals surface area contributed by atoms with Crippen LogP contribution in [0.15, 0.2) is 0 Å². The minimum absolute atomic E-state index is 0.208. The van der Waals surface area contributed by atoms with Crippen LogP contribution in [0.5, 0.6) is 0 Å². The van der Waals surface area contributed by atoms with Gasteiger partial charge in [-0.05, 0) is 26.3 Å². The Labute approximate surface area is 83.2 Å². The second kappa shape index (κ2) is 7.32. The fraction of sp³-hybridized carbons (Fsp3) is 0.778. The second-order valence-electron chi connectivity index (χ2n) is 2.93. The predicted molar refractivity (Wildman–Crippen MR) is 50.7 cm³/mol. The smallest absolute Gasteiger partial charge is 0.320 e. The number of rotatable bonds is 7. The first-order valence-corrected chi connectivity index (χ1v) is 4.73. The first kappa shape index (κ1) is 12.9.